The van der Waals surface area contributed by atoms with Crippen LogP contribution in [-0.4, -0.2) is 21.9 Å². The molecule has 32 heavy (non-hydrogen) atoms. The Morgan fingerprint density at radius 3 is 2.47 bits per heavy atom. The number of anilines is 1. The second kappa shape index (κ2) is 8.94. The fourth-order valence-electron chi connectivity index (χ4n) is 4.55. The average molecular weight is 434 g/mol. The summed E-state index contributed by atoms with van der Waals surface area (Å²) in [5.41, 5.74) is 1.52. The maximum atomic E-state index is 13.7. The highest BCUT2D eigenvalue weighted by molar-refractivity contribution is 6.06. The standard InChI is InChI=1S/C25H27N3O4/c1-17(2)32-22-13-12-21(20-7-6-16-26-23(20)22)27-24(29)25(14-4-3-5-15-25)18-8-10-19(11-9-18)28(30)31/h6-13,16-17H,3-5,14-15H2,1-2H3,(H,27,29). The van der Waals surface area contributed by atoms with Crippen molar-refractivity contribution in [2.24, 2.45) is 0 Å². The van der Waals surface area contributed by atoms with E-state index in [2.05, 4.69) is 10.3 Å². The lowest BCUT2D eigenvalue weighted by Crippen LogP contribution is -2.42. The minimum absolute atomic E-state index is 0.00768. The highest BCUT2D eigenvalue weighted by Crippen LogP contribution is 2.42. The predicted molar refractivity (Wildman–Crippen MR) is 124 cm³/mol. The smallest absolute Gasteiger partial charge is 0.269 e. The van der Waals surface area contributed by atoms with Gasteiger partial charge in [-0.05, 0) is 56.5 Å². The summed E-state index contributed by atoms with van der Waals surface area (Å²) in [6.45, 7) is 3.92. The van der Waals surface area contributed by atoms with Crippen molar-refractivity contribution >= 4 is 28.2 Å². The number of hydrogen-bond donors (Lipinski definition) is 1. The number of nitro benzene ring substituents is 1. The zero-order chi connectivity index (χ0) is 22.7. The maximum Gasteiger partial charge on any atom is 0.269 e. The number of nitrogens with zero attached hydrogens (tertiary/aromatic N) is 2. The van der Waals surface area contributed by atoms with Crippen LogP contribution in [0.15, 0.2) is 54.7 Å². The van der Waals surface area contributed by atoms with Crippen LogP contribution >= 0.6 is 0 Å². The highest BCUT2D eigenvalue weighted by Gasteiger charge is 2.41. The molecule has 0 bridgehead atoms. The topological polar surface area (TPSA) is 94.4 Å². The number of non-ortho nitro benzene ring substituents is 1. The van der Waals surface area contributed by atoms with Gasteiger partial charge in [0.05, 0.1) is 22.1 Å². The van der Waals surface area contributed by atoms with Crippen molar-refractivity contribution in [3.8, 4) is 5.75 Å². The molecular weight excluding hydrogens is 406 g/mol. The van der Waals surface area contributed by atoms with Crippen molar-refractivity contribution in [1.29, 1.82) is 0 Å². The first kappa shape index (κ1) is 21.7. The largest absolute Gasteiger partial charge is 0.489 e. The molecule has 1 N–H and O–H groups in total. The zero-order valence-electron chi connectivity index (χ0n) is 18.3. The summed E-state index contributed by atoms with van der Waals surface area (Å²) in [4.78, 5) is 28.8. The molecule has 1 aliphatic carbocycles. The summed E-state index contributed by atoms with van der Waals surface area (Å²) in [6, 6.07) is 13.9. The Hall–Kier alpha value is -3.48. The maximum absolute atomic E-state index is 13.7. The molecule has 7 heteroatoms. The molecule has 3 aromatic rings. The third kappa shape index (κ3) is 4.15. The van der Waals surface area contributed by atoms with Gasteiger partial charge in [0, 0.05) is 23.7 Å². The van der Waals surface area contributed by atoms with Gasteiger partial charge in [-0.3, -0.25) is 19.9 Å². The Kier molecular flexibility index (Phi) is 6.08. The monoisotopic (exact) mass is 433 g/mol. The van der Waals surface area contributed by atoms with Gasteiger partial charge in [-0.15, -0.1) is 0 Å². The number of ether oxygens (including phenoxy) is 1. The van der Waals surface area contributed by atoms with E-state index in [1.807, 2.05) is 38.1 Å². The van der Waals surface area contributed by atoms with Gasteiger partial charge in [0.1, 0.15) is 11.3 Å². The normalized spacial score (nSPS) is 15.5. The van der Waals surface area contributed by atoms with E-state index in [4.69, 9.17) is 4.74 Å². The van der Waals surface area contributed by atoms with E-state index >= 15 is 0 Å². The van der Waals surface area contributed by atoms with Gasteiger partial charge in [0.25, 0.3) is 5.69 Å². The van der Waals surface area contributed by atoms with E-state index in [0.717, 1.165) is 30.2 Å². The fraction of sp³-hybridized carbons (Fsp3) is 0.360. The van der Waals surface area contributed by atoms with Crippen molar-refractivity contribution in [3.63, 3.8) is 0 Å². The molecule has 1 aromatic heterocycles. The number of hydrogen-bond acceptors (Lipinski definition) is 5. The number of pyridine rings is 1. The predicted octanol–water partition coefficient (Wildman–Crippen LogP) is 5.77. The van der Waals surface area contributed by atoms with Crippen LogP contribution in [0.4, 0.5) is 11.4 Å². The lowest BCUT2D eigenvalue weighted by molar-refractivity contribution is -0.384. The molecular formula is C25H27N3O4. The number of rotatable bonds is 6. The van der Waals surface area contributed by atoms with Crippen LogP contribution in [0.1, 0.15) is 51.5 Å². The molecule has 166 valence electrons. The quantitative estimate of drug-likeness (QED) is 0.393. The highest BCUT2D eigenvalue weighted by atomic mass is 16.6. The summed E-state index contributed by atoms with van der Waals surface area (Å²) < 4.78 is 5.89. The number of aromatic nitrogens is 1. The molecule has 4 rings (SSSR count). The summed E-state index contributed by atoms with van der Waals surface area (Å²) in [5.74, 6) is 0.588. The van der Waals surface area contributed by atoms with Crippen LogP contribution in [0.5, 0.6) is 5.75 Å². The van der Waals surface area contributed by atoms with Gasteiger partial charge >= 0.3 is 0 Å². The van der Waals surface area contributed by atoms with Crippen LogP contribution in [0.3, 0.4) is 0 Å². The van der Waals surface area contributed by atoms with Crippen molar-refractivity contribution in [1.82, 2.24) is 4.98 Å². The molecule has 2 aromatic carbocycles. The molecule has 0 atom stereocenters. The molecule has 1 amide bonds. The first-order valence-electron chi connectivity index (χ1n) is 11.0. The SMILES string of the molecule is CC(C)Oc1ccc(NC(=O)C2(c3ccc([N+](=O)[O-])cc3)CCCCC2)c2cccnc12. The number of nitrogens with one attached hydrogen (secondary N) is 1. The minimum Gasteiger partial charge on any atom is -0.489 e. The van der Waals surface area contributed by atoms with Crippen LogP contribution in [0.25, 0.3) is 10.9 Å². The van der Waals surface area contributed by atoms with Gasteiger partial charge in [-0.2, -0.15) is 0 Å². The molecule has 0 spiro atoms. The molecule has 7 nitrogen and oxygen atoms in total. The van der Waals surface area contributed by atoms with E-state index in [-0.39, 0.29) is 17.7 Å². The van der Waals surface area contributed by atoms with Crippen LogP contribution in [-0.2, 0) is 10.2 Å². The van der Waals surface area contributed by atoms with Gasteiger partial charge in [-0.25, -0.2) is 0 Å². The van der Waals surface area contributed by atoms with Crippen molar-refractivity contribution in [2.75, 3.05) is 5.32 Å². The van der Waals surface area contributed by atoms with Crippen LogP contribution < -0.4 is 10.1 Å². The summed E-state index contributed by atoms with van der Waals surface area (Å²) in [5, 5.41) is 15.0. The Morgan fingerprint density at radius 1 is 1.09 bits per heavy atom. The number of fused-ring (bicyclic) bond motifs is 1. The molecule has 0 radical (unpaired) electrons. The fourth-order valence-corrected chi connectivity index (χ4v) is 4.55. The number of benzene rings is 2. The number of nitro groups is 1. The third-order valence-electron chi connectivity index (χ3n) is 6.12. The lowest BCUT2D eigenvalue weighted by Gasteiger charge is -2.36. The van der Waals surface area contributed by atoms with E-state index in [1.165, 1.54) is 12.1 Å². The number of carbonyl (C=O) groups excluding carboxylic acids is 1. The average Bonchev–Trinajstić information content (AvgIpc) is 2.81. The van der Waals surface area contributed by atoms with E-state index in [9.17, 15) is 14.9 Å². The van der Waals surface area contributed by atoms with Gasteiger partial charge < -0.3 is 10.1 Å². The lowest BCUT2D eigenvalue weighted by atomic mass is 9.68. The van der Waals surface area contributed by atoms with Gasteiger partial charge in [0.15, 0.2) is 0 Å². The van der Waals surface area contributed by atoms with Crippen molar-refractivity contribution in [2.45, 2.75) is 57.5 Å². The molecule has 0 aliphatic heterocycles. The molecule has 1 heterocycles. The Labute approximate surface area is 187 Å². The van der Waals surface area contributed by atoms with Gasteiger partial charge in [0.2, 0.25) is 5.91 Å². The molecule has 0 unspecified atom stereocenters. The van der Waals surface area contributed by atoms with E-state index in [1.54, 1.807) is 18.3 Å². The number of carbonyl (C=O) groups is 1. The Bertz CT molecular complexity index is 1140. The van der Waals surface area contributed by atoms with Crippen LogP contribution in [0, 0.1) is 10.1 Å². The third-order valence-corrected chi connectivity index (χ3v) is 6.12. The second-order valence-corrected chi connectivity index (χ2v) is 8.58. The van der Waals surface area contributed by atoms with E-state index < -0.39 is 10.3 Å². The zero-order valence-corrected chi connectivity index (χ0v) is 18.3. The summed E-state index contributed by atoms with van der Waals surface area (Å²) in [7, 11) is 0. The first-order chi connectivity index (χ1) is 15.4. The Morgan fingerprint density at radius 2 is 1.81 bits per heavy atom. The van der Waals surface area contributed by atoms with Crippen molar-refractivity contribution < 1.29 is 14.5 Å². The molecule has 0 saturated heterocycles. The van der Waals surface area contributed by atoms with Crippen molar-refractivity contribution in [3.05, 3.63) is 70.4 Å². The first-order valence-corrected chi connectivity index (χ1v) is 11.0. The van der Waals surface area contributed by atoms with E-state index in [0.29, 0.717) is 29.8 Å². The number of amides is 1. The minimum atomic E-state index is -0.713. The summed E-state index contributed by atoms with van der Waals surface area (Å²) in [6.07, 6.45) is 6.09. The molecule has 1 saturated carbocycles. The molecule has 1 aliphatic rings. The van der Waals surface area contributed by atoms with Crippen LogP contribution in [0.2, 0.25) is 0 Å². The summed E-state index contributed by atoms with van der Waals surface area (Å²) >= 11 is 0. The van der Waals surface area contributed by atoms with Gasteiger partial charge in [-0.1, -0.05) is 31.4 Å². The Balaban J connectivity index is 1.70. The second-order valence-electron chi connectivity index (χ2n) is 8.58. The molecule has 1 fully saturated rings.